The summed E-state index contributed by atoms with van der Waals surface area (Å²) in [7, 11) is 0. The molecule has 0 saturated carbocycles. The van der Waals surface area contributed by atoms with E-state index in [0.29, 0.717) is 18.7 Å². The van der Waals surface area contributed by atoms with Gasteiger partial charge in [-0.3, -0.25) is 14.6 Å². The van der Waals surface area contributed by atoms with Crippen LogP contribution in [0, 0.1) is 5.41 Å². The number of carbonyl (C=O) groups is 2. The maximum absolute atomic E-state index is 11.9. The third-order valence-corrected chi connectivity index (χ3v) is 3.48. The van der Waals surface area contributed by atoms with Gasteiger partial charge in [-0.15, -0.1) is 0 Å². The van der Waals surface area contributed by atoms with Crippen LogP contribution in [0.2, 0.25) is 0 Å². The predicted octanol–water partition coefficient (Wildman–Crippen LogP) is 2.61. The zero-order chi connectivity index (χ0) is 16.3. The smallest absolute Gasteiger partial charge is 0.309 e. The molecule has 1 aromatic rings. The van der Waals surface area contributed by atoms with Gasteiger partial charge in [0, 0.05) is 12.7 Å². The number of carboxylic acid groups (broad SMARTS) is 1. The van der Waals surface area contributed by atoms with Gasteiger partial charge in [0.25, 0.3) is 5.91 Å². The van der Waals surface area contributed by atoms with E-state index in [9.17, 15) is 9.59 Å². The van der Waals surface area contributed by atoms with Gasteiger partial charge >= 0.3 is 5.97 Å². The van der Waals surface area contributed by atoms with Crippen molar-refractivity contribution in [3.05, 3.63) is 29.6 Å². The van der Waals surface area contributed by atoms with Crippen LogP contribution in [0.1, 0.15) is 57.1 Å². The first-order valence-corrected chi connectivity index (χ1v) is 7.02. The van der Waals surface area contributed by atoms with E-state index in [1.807, 2.05) is 6.07 Å². The molecular formula is C16H24N2O3. The summed E-state index contributed by atoms with van der Waals surface area (Å²) in [6.45, 7) is 9.82. The van der Waals surface area contributed by atoms with Crippen LogP contribution in [-0.4, -0.2) is 28.5 Å². The monoisotopic (exact) mass is 292 g/mol. The van der Waals surface area contributed by atoms with Gasteiger partial charge in [-0.1, -0.05) is 26.8 Å². The van der Waals surface area contributed by atoms with Crippen LogP contribution >= 0.6 is 0 Å². The van der Waals surface area contributed by atoms with Crippen LogP contribution in [-0.2, 0) is 10.2 Å². The number of pyridine rings is 1. The molecule has 0 spiro atoms. The number of hydrogen-bond acceptors (Lipinski definition) is 3. The third-order valence-electron chi connectivity index (χ3n) is 3.48. The molecule has 0 radical (unpaired) electrons. The number of amides is 1. The van der Waals surface area contributed by atoms with E-state index in [1.165, 1.54) is 0 Å². The number of hydrogen-bond donors (Lipinski definition) is 2. The highest BCUT2D eigenvalue weighted by atomic mass is 16.4. The highest BCUT2D eigenvalue weighted by Gasteiger charge is 2.26. The largest absolute Gasteiger partial charge is 0.481 e. The molecule has 1 rings (SSSR count). The molecule has 1 amide bonds. The fourth-order valence-electron chi connectivity index (χ4n) is 1.66. The quantitative estimate of drug-likeness (QED) is 0.874. The van der Waals surface area contributed by atoms with Crippen molar-refractivity contribution in [2.45, 2.75) is 46.5 Å². The second kappa shape index (κ2) is 6.24. The molecular weight excluding hydrogens is 268 g/mol. The molecule has 1 aromatic heterocycles. The minimum absolute atomic E-state index is 0.00643. The Labute approximate surface area is 125 Å². The number of nitrogens with zero attached hydrogens (tertiary/aromatic N) is 1. The number of rotatable bonds is 5. The summed E-state index contributed by atoms with van der Waals surface area (Å²) in [5.74, 6) is -1.15. The Morgan fingerprint density at radius 1 is 1.19 bits per heavy atom. The lowest BCUT2D eigenvalue weighted by Gasteiger charge is -2.19. The Balaban J connectivity index is 2.59. The lowest BCUT2D eigenvalue weighted by Crippen LogP contribution is -2.32. The van der Waals surface area contributed by atoms with Crippen molar-refractivity contribution in [3.63, 3.8) is 0 Å². The second-order valence-corrected chi connectivity index (χ2v) is 6.88. The number of aromatic nitrogens is 1. The van der Waals surface area contributed by atoms with Crippen LogP contribution in [0.3, 0.4) is 0 Å². The summed E-state index contributed by atoms with van der Waals surface area (Å²) in [5.41, 5.74) is 0.548. The van der Waals surface area contributed by atoms with Crippen LogP contribution < -0.4 is 5.32 Å². The lowest BCUT2D eigenvalue weighted by atomic mass is 9.88. The van der Waals surface area contributed by atoms with Crippen molar-refractivity contribution in [2.75, 3.05) is 6.54 Å². The number of aliphatic carboxylic acids is 1. The minimum atomic E-state index is -0.871. The molecule has 5 nitrogen and oxygen atoms in total. The van der Waals surface area contributed by atoms with Crippen LogP contribution in [0.25, 0.3) is 0 Å². The second-order valence-electron chi connectivity index (χ2n) is 6.88. The zero-order valence-electron chi connectivity index (χ0n) is 13.4. The Kier molecular flexibility index (Phi) is 5.10. The number of carboxylic acids is 1. The summed E-state index contributed by atoms with van der Waals surface area (Å²) >= 11 is 0. The highest BCUT2D eigenvalue weighted by molar-refractivity contribution is 5.92. The first-order valence-electron chi connectivity index (χ1n) is 7.02. The van der Waals surface area contributed by atoms with Crippen LogP contribution in [0.5, 0.6) is 0 Å². The van der Waals surface area contributed by atoms with Crippen molar-refractivity contribution in [1.82, 2.24) is 10.3 Å². The van der Waals surface area contributed by atoms with E-state index in [-0.39, 0.29) is 11.3 Å². The SMILES string of the molecule is CC(C)(CCNC(=O)c1ccc(C(C)(C)C)cn1)C(=O)O. The zero-order valence-corrected chi connectivity index (χ0v) is 13.4. The molecule has 0 bridgehead atoms. The molecule has 2 N–H and O–H groups in total. The molecule has 0 unspecified atom stereocenters. The molecule has 116 valence electrons. The molecule has 0 aliphatic rings. The Morgan fingerprint density at radius 2 is 1.81 bits per heavy atom. The van der Waals surface area contributed by atoms with Gasteiger partial charge in [-0.05, 0) is 37.3 Å². The molecule has 0 aromatic carbocycles. The van der Waals surface area contributed by atoms with Gasteiger partial charge in [0.1, 0.15) is 5.69 Å². The molecule has 0 fully saturated rings. The summed E-state index contributed by atoms with van der Waals surface area (Å²) in [5, 5.41) is 11.7. The van der Waals surface area contributed by atoms with E-state index < -0.39 is 11.4 Å². The van der Waals surface area contributed by atoms with E-state index >= 15 is 0 Å². The van der Waals surface area contributed by atoms with Gasteiger partial charge in [-0.25, -0.2) is 0 Å². The summed E-state index contributed by atoms with van der Waals surface area (Å²) < 4.78 is 0. The fraction of sp³-hybridized carbons (Fsp3) is 0.562. The summed E-state index contributed by atoms with van der Waals surface area (Å²) in [6, 6.07) is 3.58. The predicted molar refractivity (Wildman–Crippen MR) is 81.3 cm³/mol. The topological polar surface area (TPSA) is 79.3 Å². The summed E-state index contributed by atoms with van der Waals surface area (Å²) in [6.07, 6.45) is 2.07. The molecule has 0 atom stereocenters. The molecule has 0 saturated heterocycles. The average molecular weight is 292 g/mol. The fourth-order valence-corrected chi connectivity index (χ4v) is 1.66. The molecule has 0 aliphatic carbocycles. The molecule has 5 heteroatoms. The first kappa shape index (κ1) is 17.1. The van der Waals surface area contributed by atoms with Crippen molar-refractivity contribution < 1.29 is 14.7 Å². The van der Waals surface area contributed by atoms with E-state index in [4.69, 9.17) is 5.11 Å². The van der Waals surface area contributed by atoms with Crippen LogP contribution in [0.4, 0.5) is 0 Å². The van der Waals surface area contributed by atoms with E-state index in [2.05, 4.69) is 31.1 Å². The average Bonchev–Trinajstić information content (AvgIpc) is 2.37. The van der Waals surface area contributed by atoms with Gasteiger partial charge < -0.3 is 10.4 Å². The van der Waals surface area contributed by atoms with Crippen molar-refractivity contribution >= 4 is 11.9 Å². The number of carbonyl (C=O) groups excluding carboxylic acids is 1. The van der Waals surface area contributed by atoms with Crippen molar-refractivity contribution in [3.8, 4) is 0 Å². The maximum Gasteiger partial charge on any atom is 0.309 e. The van der Waals surface area contributed by atoms with Gasteiger partial charge in [-0.2, -0.15) is 0 Å². The van der Waals surface area contributed by atoms with Gasteiger partial charge in [0.05, 0.1) is 5.41 Å². The minimum Gasteiger partial charge on any atom is -0.481 e. The van der Waals surface area contributed by atoms with Crippen molar-refractivity contribution in [1.29, 1.82) is 0 Å². The Hall–Kier alpha value is -1.91. The maximum atomic E-state index is 11.9. The highest BCUT2D eigenvalue weighted by Crippen LogP contribution is 2.21. The normalized spacial score (nSPS) is 12.0. The third kappa shape index (κ3) is 4.85. The first-order chi connectivity index (χ1) is 9.54. The van der Waals surface area contributed by atoms with Gasteiger partial charge in [0.15, 0.2) is 0 Å². The summed E-state index contributed by atoms with van der Waals surface area (Å²) in [4.78, 5) is 27.1. The standard InChI is InChI=1S/C16H24N2O3/c1-15(2,3)11-6-7-12(18-10-11)13(19)17-9-8-16(4,5)14(20)21/h6-7,10H,8-9H2,1-5H3,(H,17,19)(H,20,21). The molecule has 21 heavy (non-hydrogen) atoms. The number of nitrogens with one attached hydrogen (secondary N) is 1. The molecule has 0 aliphatic heterocycles. The van der Waals surface area contributed by atoms with Crippen LogP contribution in [0.15, 0.2) is 18.3 Å². The lowest BCUT2D eigenvalue weighted by molar-refractivity contribution is -0.147. The molecule has 1 heterocycles. The Morgan fingerprint density at radius 3 is 2.24 bits per heavy atom. The van der Waals surface area contributed by atoms with E-state index in [0.717, 1.165) is 5.56 Å². The Bertz CT molecular complexity index is 513. The van der Waals surface area contributed by atoms with E-state index in [1.54, 1.807) is 26.1 Å². The van der Waals surface area contributed by atoms with Gasteiger partial charge in [0.2, 0.25) is 0 Å². The van der Waals surface area contributed by atoms with Crippen molar-refractivity contribution in [2.24, 2.45) is 5.41 Å².